The molecular weight excluding hydrogens is 504 g/mol. The fraction of sp³-hybridized carbons (Fsp3) is 0.0357. The summed E-state index contributed by atoms with van der Waals surface area (Å²) in [4.78, 5) is 9.52. The number of fused-ring (bicyclic) bond motifs is 1. The van der Waals surface area contributed by atoms with Gasteiger partial charge in [-0.1, -0.05) is 91.0 Å². The zero-order chi connectivity index (χ0) is 23.0. The molecule has 0 unspecified atom stereocenters. The van der Waals surface area contributed by atoms with Crippen molar-refractivity contribution in [2.45, 2.75) is 5.54 Å². The van der Waals surface area contributed by atoms with Gasteiger partial charge in [0.15, 0.2) is 5.65 Å². The number of thiazole rings is 1. The smallest absolute Gasteiger partial charge is 0.160 e. The molecule has 0 saturated carbocycles. The molecule has 6 rings (SSSR count). The fourth-order valence-electron chi connectivity index (χ4n) is 4.61. The summed E-state index contributed by atoms with van der Waals surface area (Å²) >= 11 is 5.07. The highest BCUT2D eigenvalue weighted by atomic mass is 79.9. The first-order chi connectivity index (χ1) is 16.8. The number of nitrogens with zero attached hydrogens (tertiary/aromatic N) is 4. The van der Waals surface area contributed by atoms with E-state index < -0.39 is 5.54 Å². The number of hydrogen-bond acceptors (Lipinski definition) is 4. The Morgan fingerprint density at radius 1 is 0.706 bits per heavy atom. The standard InChI is InChI=1S/C28H19BrN4S/c29-24-19-34-27(31-24)25-23-17-10-18-30-26(23)33(32-25)28(20-11-4-1-5-12-20,21-13-6-2-7-14-21)22-15-8-3-9-16-22/h1-19H. The van der Waals surface area contributed by atoms with Crippen molar-refractivity contribution in [3.8, 4) is 10.7 Å². The first-order valence-electron chi connectivity index (χ1n) is 10.9. The molecule has 0 amide bonds. The predicted molar refractivity (Wildman–Crippen MR) is 141 cm³/mol. The second kappa shape index (κ2) is 8.63. The molecule has 6 aromatic rings. The van der Waals surface area contributed by atoms with Gasteiger partial charge < -0.3 is 0 Å². The minimum absolute atomic E-state index is 0.733. The van der Waals surface area contributed by atoms with E-state index in [9.17, 15) is 0 Å². The molecule has 0 aliphatic heterocycles. The first kappa shape index (κ1) is 21.0. The Morgan fingerprint density at radius 2 is 1.26 bits per heavy atom. The van der Waals surface area contributed by atoms with Gasteiger partial charge in [0.2, 0.25) is 0 Å². The molecule has 34 heavy (non-hydrogen) atoms. The van der Waals surface area contributed by atoms with Crippen LogP contribution in [0.5, 0.6) is 0 Å². The van der Waals surface area contributed by atoms with E-state index in [4.69, 9.17) is 10.1 Å². The second-order valence-electron chi connectivity index (χ2n) is 7.92. The van der Waals surface area contributed by atoms with Crippen molar-refractivity contribution in [3.05, 3.63) is 136 Å². The second-order valence-corrected chi connectivity index (χ2v) is 9.59. The Kier molecular flexibility index (Phi) is 5.32. The lowest BCUT2D eigenvalue weighted by Gasteiger charge is -2.36. The third-order valence-electron chi connectivity index (χ3n) is 6.01. The van der Waals surface area contributed by atoms with Crippen LogP contribution in [0.3, 0.4) is 0 Å². The van der Waals surface area contributed by atoms with Crippen molar-refractivity contribution in [3.63, 3.8) is 0 Å². The molecule has 6 heteroatoms. The molecule has 3 aromatic carbocycles. The molecule has 0 N–H and O–H groups in total. The van der Waals surface area contributed by atoms with Gasteiger partial charge in [0.1, 0.15) is 20.8 Å². The van der Waals surface area contributed by atoms with Gasteiger partial charge in [-0.05, 0) is 44.8 Å². The highest BCUT2D eigenvalue weighted by Crippen LogP contribution is 2.43. The van der Waals surface area contributed by atoms with Crippen LogP contribution in [0.15, 0.2) is 119 Å². The van der Waals surface area contributed by atoms with Gasteiger partial charge in [-0.3, -0.25) is 0 Å². The Bertz CT molecular complexity index is 1460. The third-order valence-corrected chi connectivity index (χ3v) is 7.57. The van der Waals surface area contributed by atoms with E-state index in [1.807, 2.05) is 35.8 Å². The monoisotopic (exact) mass is 522 g/mol. The number of pyridine rings is 1. The Morgan fingerprint density at radius 3 is 1.76 bits per heavy atom. The average molecular weight is 523 g/mol. The van der Waals surface area contributed by atoms with E-state index in [0.717, 1.165) is 43.0 Å². The molecule has 0 fully saturated rings. The minimum atomic E-state index is -0.733. The van der Waals surface area contributed by atoms with Gasteiger partial charge >= 0.3 is 0 Å². The zero-order valence-corrected chi connectivity index (χ0v) is 20.4. The Hall–Kier alpha value is -3.61. The number of benzene rings is 3. The van der Waals surface area contributed by atoms with Gasteiger partial charge in [-0.2, -0.15) is 5.10 Å². The molecule has 3 heterocycles. The van der Waals surface area contributed by atoms with Crippen molar-refractivity contribution in [2.75, 3.05) is 0 Å². The minimum Gasteiger partial charge on any atom is -0.237 e. The van der Waals surface area contributed by atoms with Crippen molar-refractivity contribution >= 4 is 38.3 Å². The fourth-order valence-corrected chi connectivity index (χ4v) is 5.86. The summed E-state index contributed by atoms with van der Waals surface area (Å²) in [6.45, 7) is 0. The maximum Gasteiger partial charge on any atom is 0.160 e. The van der Waals surface area contributed by atoms with Crippen molar-refractivity contribution < 1.29 is 0 Å². The summed E-state index contributed by atoms with van der Waals surface area (Å²) in [6, 6.07) is 35.6. The summed E-state index contributed by atoms with van der Waals surface area (Å²) in [6.07, 6.45) is 1.83. The highest BCUT2D eigenvalue weighted by molar-refractivity contribution is 9.10. The van der Waals surface area contributed by atoms with E-state index in [2.05, 4.69) is 104 Å². The van der Waals surface area contributed by atoms with E-state index in [1.54, 1.807) is 11.3 Å². The maximum atomic E-state index is 5.26. The summed E-state index contributed by atoms with van der Waals surface area (Å²) in [7, 11) is 0. The number of hydrogen-bond donors (Lipinski definition) is 0. The summed E-state index contributed by atoms with van der Waals surface area (Å²) in [5.74, 6) is 0. The molecule has 3 aromatic heterocycles. The topological polar surface area (TPSA) is 43.6 Å². The molecule has 0 aliphatic rings. The molecule has 0 bridgehead atoms. The maximum absolute atomic E-state index is 5.26. The number of halogens is 1. The molecule has 0 atom stereocenters. The molecule has 164 valence electrons. The molecule has 0 spiro atoms. The van der Waals surface area contributed by atoms with Crippen molar-refractivity contribution in [1.82, 2.24) is 19.7 Å². The van der Waals surface area contributed by atoms with Crippen LogP contribution in [-0.4, -0.2) is 19.7 Å². The van der Waals surface area contributed by atoms with Crippen LogP contribution in [0.25, 0.3) is 21.7 Å². The van der Waals surface area contributed by atoms with Gasteiger partial charge in [-0.15, -0.1) is 11.3 Å². The lowest BCUT2D eigenvalue weighted by Crippen LogP contribution is -2.38. The van der Waals surface area contributed by atoms with Crippen LogP contribution in [-0.2, 0) is 5.54 Å². The number of rotatable bonds is 5. The van der Waals surface area contributed by atoms with E-state index >= 15 is 0 Å². The zero-order valence-electron chi connectivity index (χ0n) is 18.0. The summed E-state index contributed by atoms with van der Waals surface area (Å²) in [5.41, 5.74) is 4.22. The predicted octanol–water partition coefficient (Wildman–Crippen LogP) is 7.16. The highest BCUT2D eigenvalue weighted by Gasteiger charge is 2.41. The number of aromatic nitrogens is 4. The van der Waals surface area contributed by atoms with Crippen LogP contribution in [0.1, 0.15) is 16.7 Å². The largest absolute Gasteiger partial charge is 0.237 e. The quantitative estimate of drug-likeness (QED) is 0.225. The Balaban J connectivity index is 1.79. The lowest BCUT2D eigenvalue weighted by atomic mass is 9.77. The SMILES string of the molecule is Brc1csc(-c2nn(C(c3ccccc3)(c3ccccc3)c3ccccc3)c3ncccc23)n1. The summed E-state index contributed by atoms with van der Waals surface area (Å²) in [5, 5.41) is 9.06. The molecule has 0 radical (unpaired) electrons. The molecular formula is C28H19BrN4S. The third kappa shape index (κ3) is 3.30. The van der Waals surface area contributed by atoms with Gasteiger partial charge in [0.25, 0.3) is 0 Å². The van der Waals surface area contributed by atoms with Crippen LogP contribution in [0.2, 0.25) is 0 Å². The van der Waals surface area contributed by atoms with Crippen LogP contribution >= 0.6 is 27.3 Å². The summed E-state index contributed by atoms with van der Waals surface area (Å²) < 4.78 is 2.88. The normalized spacial score (nSPS) is 11.7. The van der Waals surface area contributed by atoms with Gasteiger partial charge in [0.05, 0.1) is 0 Å². The van der Waals surface area contributed by atoms with Gasteiger partial charge in [0, 0.05) is 17.0 Å². The van der Waals surface area contributed by atoms with Crippen LogP contribution in [0.4, 0.5) is 0 Å². The molecule has 0 saturated heterocycles. The Labute approximate surface area is 209 Å². The molecule has 4 nitrogen and oxygen atoms in total. The average Bonchev–Trinajstić information content (AvgIpc) is 3.51. The van der Waals surface area contributed by atoms with Crippen molar-refractivity contribution in [1.29, 1.82) is 0 Å². The molecule has 0 aliphatic carbocycles. The van der Waals surface area contributed by atoms with E-state index in [1.165, 1.54) is 0 Å². The van der Waals surface area contributed by atoms with E-state index in [-0.39, 0.29) is 0 Å². The van der Waals surface area contributed by atoms with Crippen LogP contribution < -0.4 is 0 Å². The van der Waals surface area contributed by atoms with Crippen molar-refractivity contribution in [2.24, 2.45) is 0 Å². The lowest BCUT2D eigenvalue weighted by molar-refractivity contribution is 0.474. The van der Waals surface area contributed by atoms with Gasteiger partial charge in [-0.25, -0.2) is 14.6 Å². The first-order valence-corrected chi connectivity index (χ1v) is 12.6. The van der Waals surface area contributed by atoms with E-state index in [0.29, 0.717) is 0 Å². The van der Waals surface area contributed by atoms with Crippen LogP contribution in [0, 0.1) is 0 Å².